The second-order valence-corrected chi connectivity index (χ2v) is 12.3. The van der Waals surface area contributed by atoms with E-state index < -0.39 is 11.7 Å². The molecule has 3 N–H and O–H groups in total. The van der Waals surface area contributed by atoms with Gasteiger partial charge in [0.05, 0.1) is 6.54 Å². The highest BCUT2D eigenvalue weighted by atomic mass is 16.6. The van der Waals surface area contributed by atoms with Gasteiger partial charge in [0.1, 0.15) is 23.6 Å². The molecule has 1 fully saturated rings. The zero-order valence-corrected chi connectivity index (χ0v) is 26.1. The highest BCUT2D eigenvalue weighted by Gasteiger charge is 2.29. The Hall–Kier alpha value is -4.18. The van der Waals surface area contributed by atoms with Crippen LogP contribution in [-0.4, -0.2) is 59.5 Å². The Kier molecular flexibility index (Phi) is 11.2. The van der Waals surface area contributed by atoms with Crippen LogP contribution in [0.1, 0.15) is 87.9 Å². The number of unbranched alkanes of at least 4 members (excludes halogenated alkanes) is 1. The van der Waals surface area contributed by atoms with Crippen LogP contribution in [-0.2, 0) is 20.9 Å². The molecule has 10 heteroatoms. The third-order valence-corrected chi connectivity index (χ3v) is 7.55. The summed E-state index contributed by atoms with van der Waals surface area (Å²) in [5.41, 5.74) is 7.44. The van der Waals surface area contributed by atoms with Crippen molar-refractivity contribution in [2.75, 3.05) is 13.1 Å². The van der Waals surface area contributed by atoms with Gasteiger partial charge in [-0.05, 0) is 89.2 Å². The van der Waals surface area contributed by atoms with Crippen molar-refractivity contribution in [2.45, 2.75) is 90.5 Å². The SMILES string of the molecule is CCCCN(CC(=O)OC(C)(C)C)C1CCC(NC(=O)c2cc3cc(/C(N)=N\C(=O)OCc4ccccc4)ccc3o2)CC1. The normalized spacial score (nSPS) is 17.4. The Labute approximate surface area is 259 Å². The van der Waals surface area contributed by atoms with Crippen LogP contribution < -0.4 is 11.1 Å². The molecule has 0 atom stereocenters. The standard InChI is InChI=1S/C34H44N4O6/c1-5-6-18-38(21-30(39)44-34(2,3)4)27-15-13-26(14-16-27)36-32(40)29-20-25-19-24(12-17-28(25)43-29)31(35)37-33(41)42-22-23-10-8-7-9-11-23/h7-12,17,19-20,26-27H,5-6,13-16,18,21-22H2,1-4H3,(H,36,40)(H2,35,37,41). The third-order valence-electron chi connectivity index (χ3n) is 7.55. The van der Waals surface area contributed by atoms with Gasteiger partial charge in [0.2, 0.25) is 0 Å². The molecule has 1 aliphatic carbocycles. The van der Waals surface area contributed by atoms with Crippen molar-refractivity contribution in [3.8, 4) is 0 Å². The van der Waals surface area contributed by atoms with Crippen molar-refractivity contribution in [3.05, 3.63) is 71.5 Å². The van der Waals surface area contributed by atoms with Gasteiger partial charge in [-0.1, -0.05) is 43.7 Å². The van der Waals surface area contributed by atoms with Crippen LogP contribution in [0.4, 0.5) is 4.79 Å². The first kappa shape index (κ1) is 32.7. The maximum atomic E-state index is 13.1. The summed E-state index contributed by atoms with van der Waals surface area (Å²) in [6.07, 6.45) is 4.67. The molecule has 1 aliphatic rings. The number of amides is 2. The van der Waals surface area contributed by atoms with E-state index in [4.69, 9.17) is 19.6 Å². The fourth-order valence-electron chi connectivity index (χ4n) is 5.36. The van der Waals surface area contributed by atoms with Gasteiger partial charge in [-0.2, -0.15) is 4.99 Å². The molecule has 2 amide bonds. The first-order chi connectivity index (χ1) is 21.0. The summed E-state index contributed by atoms with van der Waals surface area (Å²) in [4.78, 5) is 43.9. The molecule has 236 valence electrons. The number of rotatable bonds is 11. The van der Waals surface area contributed by atoms with E-state index in [1.165, 1.54) is 0 Å². The fraction of sp³-hybridized carbons (Fsp3) is 0.471. The van der Waals surface area contributed by atoms with Crippen molar-refractivity contribution >= 4 is 34.8 Å². The van der Waals surface area contributed by atoms with Gasteiger partial charge >= 0.3 is 12.1 Å². The second-order valence-electron chi connectivity index (χ2n) is 12.3. The number of hydrogen-bond acceptors (Lipinski definition) is 7. The summed E-state index contributed by atoms with van der Waals surface area (Å²) in [6, 6.07) is 16.3. The number of aliphatic imine (C=N–C) groups is 1. The molecule has 1 heterocycles. The van der Waals surface area contributed by atoms with Crippen LogP contribution in [0.2, 0.25) is 0 Å². The van der Waals surface area contributed by atoms with Gasteiger partial charge in [0.25, 0.3) is 5.91 Å². The summed E-state index contributed by atoms with van der Waals surface area (Å²) >= 11 is 0. The van der Waals surface area contributed by atoms with Gasteiger partial charge < -0.3 is 24.9 Å². The monoisotopic (exact) mass is 604 g/mol. The average molecular weight is 605 g/mol. The smallest absolute Gasteiger partial charge is 0.435 e. The topological polar surface area (TPSA) is 136 Å². The number of esters is 1. The first-order valence-corrected chi connectivity index (χ1v) is 15.4. The molecule has 4 rings (SSSR count). The van der Waals surface area contributed by atoms with Crippen LogP contribution in [0.25, 0.3) is 11.0 Å². The number of hydrogen-bond donors (Lipinski definition) is 2. The highest BCUT2D eigenvalue weighted by Crippen LogP contribution is 2.26. The van der Waals surface area contributed by atoms with Gasteiger partial charge in [-0.25, -0.2) is 4.79 Å². The molecule has 2 aromatic carbocycles. The number of furan rings is 1. The number of carbonyl (C=O) groups is 3. The predicted octanol–water partition coefficient (Wildman–Crippen LogP) is 5.96. The molecule has 0 radical (unpaired) electrons. The molecule has 0 saturated heterocycles. The van der Waals surface area contributed by atoms with Crippen molar-refractivity contribution < 1.29 is 28.3 Å². The lowest BCUT2D eigenvalue weighted by atomic mass is 9.89. The van der Waals surface area contributed by atoms with Crippen molar-refractivity contribution in [2.24, 2.45) is 10.7 Å². The predicted molar refractivity (Wildman–Crippen MR) is 169 cm³/mol. The Bertz CT molecular complexity index is 1450. The molecule has 1 aromatic heterocycles. The lowest BCUT2D eigenvalue weighted by Crippen LogP contribution is -2.46. The van der Waals surface area contributed by atoms with Crippen LogP contribution >= 0.6 is 0 Å². The molecule has 0 bridgehead atoms. The molecule has 0 aliphatic heterocycles. The summed E-state index contributed by atoms with van der Waals surface area (Å²) in [7, 11) is 0. The third kappa shape index (κ3) is 9.67. The van der Waals surface area contributed by atoms with E-state index >= 15 is 0 Å². The van der Waals surface area contributed by atoms with E-state index in [2.05, 4.69) is 22.1 Å². The number of carbonyl (C=O) groups excluding carboxylic acids is 3. The van der Waals surface area contributed by atoms with Crippen LogP contribution in [0.15, 0.2) is 64.0 Å². The van der Waals surface area contributed by atoms with E-state index in [-0.39, 0.29) is 48.7 Å². The molecule has 0 unspecified atom stereocenters. The van der Waals surface area contributed by atoms with Crippen molar-refractivity contribution in [1.29, 1.82) is 0 Å². The maximum absolute atomic E-state index is 13.1. The van der Waals surface area contributed by atoms with E-state index in [1.54, 1.807) is 24.3 Å². The van der Waals surface area contributed by atoms with Crippen molar-refractivity contribution in [3.63, 3.8) is 0 Å². The second kappa shape index (κ2) is 15.0. The van der Waals surface area contributed by atoms with Crippen LogP contribution in [0.5, 0.6) is 0 Å². The Balaban J connectivity index is 1.31. The zero-order valence-electron chi connectivity index (χ0n) is 26.1. The fourth-order valence-corrected chi connectivity index (χ4v) is 5.36. The quantitative estimate of drug-likeness (QED) is 0.155. The molecule has 0 spiro atoms. The van der Waals surface area contributed by atoms with Crippen LogP contribution in [0.3, 0.4) is 0 Å². The molecular formula is C34H44N4O6. The number of ether oxygens (including phenoxy) is 2. The lowest BCUT2D eigenvalue weighted by Gasteiger charge is -2.37. The largest absolute Gasteiger partial charge is 0.459 e. The minimum absolute atomic E-state index is 0.00794. The number of nitrogens with one attached hydrogen (secondary N) is 1. The summed E-state index contributed by atoms with van der Waals surface area (Å²) in [5.74, 6) is -0.276. The summed E-state index contributed by atoms with van der Waals surface area (Å²) in [6.45, 7) is 9.02. The minimum atomic E-state index is -0.785. The van der Waals surface area contributed by atoms with Gasteiger partial charge in [-0.15, -0.1) is 0 Å². The molecule has 44 heavy (non-hydrogen) atoms. The Morgan fingerprint density at radius 2 is 1.77 bits per heavy atom. The minimum Gasteiger partial charge on any atom is -0.459 e. The molecular weight excluding hydrogens is 560 g/mol. The lowest BCUT2D eigenvalue weighted by molar-refractivity contribution is -0.157. The number of amidine groups is 1. The summed E-state index contributed by atoms with van der Waals surface area (Å²) in [5, 5.41) is 3.78. The number of benzene rings is 2. The van der Waals surface area contributed by atoms with Gasteiger partial charge in [0, 0.05) is 23.0 Å². The summed E-state index contributed by atoms with van der Waals surface area (Å²) < 4.78 is 16.6. The van der Waals surface area contributed by atoms with E-state index in [0.717, 1.165) is 50.6 Å². The van der Waals surface area contributed by atoms with Crippen molar-refractivity contribution in [1.82, 2.24) is 10.2 Å². The van der Waals surface area contributed by atoms with Gasteiger partial charge in [0.15, 0.2) is 5.76 Å². The average Bonchev–Trinajstić information content (AvgIpc) is 3.42. The number of nitrogens with two attached hydrogens (primary N) is 1. The van der Waals surface area contributed by atoms with Crippen LogP contribution in [0, 0.1) is 0 Å². The highest BCUT2D eigenvalue weighted by molar-refractivity contribution is 6.05. The number of fused-ring (bicyclic) bond motifs is 1. The van der Waals surface area contributed by atoms with E-state index in [0.29, 0.717) is 16.5 Å². The van der Waals surface area contributed by atoms with E-state index in [9.17, 15) is 14.4 Å². The number of nitrogens with zero attached hydrogens (tertiary/aromatic N) is 2. The molecule has 10 nitrogen and oxygen atoms in total. The first-order valence-electron chi connectivity index (χ1n) is 15.4. The van der Waals surface area contributed by atoms with Gasteiger partial charge in [-0.3, -0.25) is 14.5 Å². The zero-order chi connectivity index (χ0) is 31.7. The Morgan fingerprint density at radius 1 is 1.05 bits per heavy atom. The van der Waals surface area contributed by atoms with E-state index in [1.807, 2.05) is 51.1 Å². The Morgan fingerprint density at radius 3 is 2.45 bits per heavy atom. The maximum Gasteiger partial charge on any atom is 0.435 e. The molecule has 1 saturated carbocycles. The molecule has 3 aromatic rings.